The Balaban J connectivity index is 2.46. The standard InChI is InChI=1S/C29H36BrNO6/c1-26(2,3)36-24(33)29(25(34)37-27(4,5)6)21(18-14-16-20(30)17-15-18)28(7,23(32)35-8)31-22(29)19-12-10-9-11-13-19/h9-17,21-22,31H,1-8H3/t21-,22+,28+/m1/s1. The zero-order valence-corrected chi connectivity index (χ0v) is 24.3. The average molecular weight is 575 g/mol. The molecule has 37 heavy (non-hydrogen) atoms. The number of halogens is 1. The molecule has 2 aromatic rings. The Kier molecular flexibility index (Phi) is 7.97. The van der Waals surface area contributed by atoms with Crippen molar-refractivity contribution in [2.24, 2.45) is 5.41 Å². The van der Waals surface area contributed by atoms with Gasteiger partial charge in [-0.3, -0.25) is 19.7 Å². The van der Waals surface area contributed by atoms with Crippen molar-refractivity contribution in [2.75, 3.05) is 7.11 Å². The van der Waals surface area contributed by atoms with Gasteiger partial charge >= 0.3 is 17.9 Å². The van der Waals surface area contributed by atoms with Crippen LogP contribution in [0.2, 0.25) is 0 Å². The van der Waals surface area contributed by atoms with E-state index >= 15 is 0 Å². The van der Waals surface area contributed by atoms with Gasteiger partial charge in [0.2, 0.25) is 0 Å². The van der Waals surface area contributed by atoms with Crippen molar-refractivity contribution in [2.45, 2.75) is 77.2 Å². The van der Waals surface area contributed by atoms with Gasteiger partial charge in [0.05, 0.1) is 13.2 Å². The number of benzene rings is 2. The van der Waals surface area contributed by atoms with E-state index in [0.29, 0.717) is 11.1 Å². The molecule has 200 valence electrons. The predicted octanol–water partition coefficient (Wildman–Crippen LogP) is 5.48. The van der Waals surface area contributed by atoms with Crippen LogP contribution in [0.25, 0.3) is 0 Å². The van der Waals surface area contributed by atoms with Gasteiger partial charge in [0, 0.05) is 10.4 Å². The second-order valence-corrected chi connectivity index (χ2v) is 12.5. The van der Waals surface area contributed by atoms with Crippen LogP contribution in [0.5, 0.6) is 0 Å². The fourth-order valence-corrected chi connectivity index (χ4v) is 5.30. The molecule has 0 bridgehead atoms. The number of hydrogen-bond acceptors (Lipinski definition) is 7. The van der Waals surface area contributed by atoms with Crippen molar-refractivity contribution in [3.8, 4) is 0 Å². The second-order valence-electron chi connectivity index (χ2n) is 11.5. The van der Waals surface area contributed by atoms with Crippen molar-refractivity contribution in [1.29, 1.82) is 0 Å². The lowest BCUT2D eigenvalue weighted by molar-refractivity contribution is -0.188. The third-order valence-electron chi connectivity index (χ3n) is 6.35. The minimum atomic E-state index is -1.97. The summed E-state index contributed by atoms with van der Waals surface area (Å²) in [6, 6.07) is 15.3. The first kappa shape index (κ1) is 28.9. The summed E-state index contributed by atoms with van der Waals surface area (Å²) in [4.78, 5) is 42.3. The quantitative estimate of drug-likeness (QED) is 0.287. The predicted molar refractivity (Wildman–Crippen MR) is 144 cm³/mol. The highest BCUT2D eigenvalue weighted by atomic mass is 79.9. The lowest BCUT2D eigenvalue weighted by Gasteiger charge is -2.40. The SMILES string of the molecule is COC(=O)[C@@]1(C)N[C@@H](c2ccccc2)C(C(=O)OC(C)(C)C)(C(=O)OC(C)(C)C)[C@@H]1c1ccc(Br)cc1. The maximum Gasteiger partial charge on any atom is 0.326 e. The minimum absolute atomic E-state index is 0.582. The van der Waals surface area contributed by atoms with Crippen molar-refractivity contribution in [1.82, 2.24) is 5.32 Å². The van der Waals surface area contributed by atoms with Crippen LogP contribution in [0.1, 0.15) is 71.6 Å². The Morgan fingerprint density at radius 3 is 1.70 bits per heavy atom. The molecular formula is C29H36BrNO6. The Morgan fingerprint density at radius 1 is 0.784 bits per heavy atom. The summed E-state index contributed by atoms with van der Waals surface area (Å²) in [5, 5.41) is 3.33. The summed E-state index contributed by atoms with van der Waals surface area (Å²) in [6.07, 6.45) is 0. The van der Waals surface area contributed by atoms with Gasteiger partial charge in [0.15, 0.2) is 5.41 Å². The highest BCUT2D eigenvalue weighted by molar-refractivity contribution is 9.10. The van der Waals surface area contributed by atoms with Crippen LogP contribution in [0.3, 0.4) is 0 Å². The molecule has 1 aliphatic heterocycles. The van der Waals surface area contributed by atoms with Gasteiger partial charge in [0.25, 0.3) is 0 Å². The van der Waals surface area contributed by atoms with Crippen LogP contribution < -0.4 is 5.32 Å². The van der Waals surface area contributed by atoms with Crippen molar-refractivity contribution < 1.29 is 28.6 Å². The zero-order valence-electron chi connectivity index (χ0n) is 22.7. The summed E-state index contributed by atoms with van der Waals surface area (Å²) < 4.78 is 18.0. The highest BCUT2D eigenvalue weighted by Crippen LogP contribution is 2.59. The van der Waals surface area contributed by atoms with E-state index in [1.54, 1.807) is 72.7 Å². The van der Waals surface area contributed by atoms with E-state index in [9.17, 15) is 14.4 Å². The summed E-state index contributed by atoms with van der Waals surface area (Å²) in [5.74, 6) is -3.21. The van der Waals surface area contributed by atoms with Gasteiger partial charge in [-0.25, -0.2) is 0 Å². The molecular weight excluding hydrogens is 538 g/mol. The molecule has 0 aromatic heterocycles. The number of rotatable bonds is 5. The maximum absolute atomic E-state index is 14.4. The molecule has 3 atom stereocenters. The topological polar surface area (TPSA) is 90.9 Å². The van der Waals surface area contributed by atoms with Crippen LogP contribution in [-0.4, -0.2) is 41.8 Å². The smallest absolute Gasteiger partial charge is 0.326 e. The summed E-state index contributed by atoms with van der Waals surface area (Å²) >= 11 is 3.45. The van der Waals surface area contributed by atoms with Gasteiger partial charge in [-0.2, -0.15) is 0 Å². The van der Waals surface area contributed by atoms with Crippen LogP contribution in [-0.2, 0) is 28.6 Å². The Bertz CT molecular complexity index is 1120. The number of carbonyl (C=O) groups is 3. The van der Waals surface area contributed by atoms with E-state index < -0.39 is 52.0 Å². The van der Waals surface area contributed by atoms with Crippen LogP contribution in [0.15, 0.2) is 59.1 Å². The lowest BCUT2D eigenvalue weighted by Crippen LogP contribution is -2.54. The van der Waals surface area contributed by atoms with Crippen LogP contribution in [0, 0.1) is 5.41 Å². The van der Waals surface area contributed by atoms with Crippen LogP contribution in [0.4, 0.5) is 0 Å². The van der Waals surface area contributed by atoms with E-state index in [1.807, 2.05) is 30.3 Å². The molecule has 0 saturated carbocycles. The molecule has 1 aliphatic rings. The van der Waals surface area contributed by atoms with Gasteiger partial charge in [0.1, 0.15) is 16.7 Å². The number of carbonyl (C=O) groups excluding carboxylic acids is 3. The first-order valence-electron chi connectivity index (χ1n) is 12.2. The third kappa shape index (κ3) is 5.60. The van der Waals surface area contributed by atoms with Crippen LogP contribution >= 0.6 is 15.9 Å². The van der Waals surface area contributed by atoms with E-state index in [2.05, 4.69) is 21.2 Å². The molecule has 1 N–H and O–H groups in total. The molecule has 0 aliphatic carbocycles. The summed E-state index contributed by atoms with van der Waals surface area (Å²) in [5.41, 5.74) is -4.08. The maximum atomic E-state index is 14.4. The van der Waals surface area contributed by atoms with E-state index in [0.717, 1.165) is 4.47 Å². The van der Waals surface area contributed by atoms with Gasteiger partial charge in [-0.15, -0.1) is 0 Å². The van der Waals surface area contributed by atoms with Gasteiger partial charge in [-0.05, 0) is 71.7 Å². The molecule has 0 amide bonds. The van der Waals surface area contributed by atoms with E-state index in [-0.39, 0.29) is 0 Å². The Hall–Kier alpha value is -2.71. The zero-order chi connectivity index (χ0) is 27.8. The number of ether oxygens (including phenoxy) is 3. The van der Waals surface area contributed by atoms with Crippen molar-refractivity contribution >= 4 is 33.8 Å². The monoisotopic (exact) mass is 573 g/mol. The third-order valence-corrected chi connectivity index (χ3v) is 6.88. The molecule has 0 unspecified atom stereocenters. The molecule has 0 radical (unpaired) electrons. The highest BCUT2D eigenvalue weighted by Gasteiger charge is 2.73. The molecule has 3 rings (SSSR count). The number of esters is 3. The molecule has 7 nitrogen and oxygen atoms in total. The Labute approximate surface area is 227 Å². The van der Waals surface area contributed by atoms with E-state index in [1.165, 1.54) is 7.11 Å². The molecule has 1 heterocycles. The summed E-state index contributed by atoms with van der Waals surface area (Å²) in [7, 11) is 1.28. The first-order chi connectivity index (χ1) is 17.1. The van der Waals surface area contributed by atoms with Gasteiger partial charge in [-0.1, -0.05) is 58.4 Å². The minimum Gasteiger partial charge on any atom is -0.468 e. The normalized spacial score (nSPS) is 23.3. The largest absolute Gasteiger partial charge is 0.468 e. The lowest BCUT2D eigenvalue weighted by atomic mass is 9.63. The molecule has 1 fully saturated rings. The van der Waals surface area contributed by atoms with Crippen molar-refractivity contribution in [3.63, 3.8) is 0 Å². The molecule has 2 aromatic carbocycles. The fourth-order valence-electron chi connectivity index (χ4n) is 5.03. The van der Waals surface area contributed by atoms with E-state index in [4.69, 9.17) is 14.2 Å². The van der Waals surface area contributed by atoms with Gasteiger partial charge < -0.3 is 14.2 Å². The van der Waals surface area contributed by atoms with Crippen molar-refractivity contribution in [3.05, 3.63) is 70.2 Å². The number of hydrogen-bond donors (Lipinski definition) is 1. The molecule has 1 saturated heterocycles. The second kappa shape index (κ2) is 10.2. The summed E-state index contributed by atoms with van der Waals surface area (Å²) in [6.45, 7) is 12.1. The average Bonchev–Trinajstić information content (AvgIpc) is 3.09. The number of nitrogens with one attached hydrogen (secondary N) is 1. The molecule has 0 spiro atoms. The fraction of sp³-hybridized carbons (Fsp3) is 0.483. The Morgan fingerprint density at radius 2 is 1.27 bits per heavy atom. The number of methoxy groups -OCH3 is 1. The first-order valence-corrected chi connectivity index (χ1v) is 13.0. The molecule has 8 heteroatoms.